The number of hydrogen-bond acceptors (Lipinski definition) is 3. The smallest absolute Gasteiger partial charge is 0.250 e. The van der Waals surface area contributed by atoms with Gasteiger partial charge in [0.1, 0.15) is 5.78 Å². The van der Waals surface area contributed by atoms with Crippen LogP contribution in [0.25, 0.3) is 0 Å². The van der Waals surface area contributed by atoms with Crippen LogP contribution in [0, 0.1) is 11.8 Å². The molecule has 0 radical (unpaired) electrons. The highest BCUT2D eigenvalue weighted by Crippen LogP contribution is 2.34. The summed E-state index contributed by atoms with van der Waals surface area (Å²) in [5.74, 6) is 1.07. The second-order valence-electron chi connectivity index (χ2n) is 8.09. The highest BCUT2D eigenvalue weighted by Gasteiger charge is 2.37. The molecule has 0 heterocycles. The molecule has 4 atom stereocenters. The van der Waals surface area contributed by atoms with E-state index in [0.717, 1.165) is 29.5 Å². The zero-order valence-electron chi connectivity index (χ0n) is 19.8. The van der Waals surface area contributed by atoms with Crippen molar-refractivity contribution in [1.82, 2.24) is 0 Å². The summed E-state index contributed by atoms with van der Waals surface area (Å²) >= 11 is 0. The Hall–Kier alpha value is -1.39. The molecular formula is C25H42O3Si. The Morgan fingerprint density at radius 3 is 1.97 bits per heavy atom. The van der Waals surface area contributed by atoms with E-state index in [1.165, 1.54) is 0 Å². The number of ketones is 1. The number of allylic oxidation sites excluding steroid dienone is 1. The van der Waals surface area contributed by atoms with Crippen molar-refractivity contribution in [2.45, 2.75) is 92.2 Å². The van der Waals surface area contributed by atoms with E-state index in [2.05, 4.69) is 52.8 Å². The van der Waals surface area contributed by atoms with Crippen LogP contribution in [0.1, 0.15) is 73.5 Å². The molecule has 1 aromatic carbocycles. The Balaban J connectivity index is 3.17. The fraction of sp³-hybridized carbons (Fsp3) is 0.640. The lowest BCUT2D eigenvalue weighted by Gasteiger charge is -2.37. The highest BCUT2D eigenvalue weighted by molar-refractivity contribution is 6.73. The van der Waals surface area contributed by atoms with E-state index in [1.807, 2.05) is 39.0 Å². The van der Waals surface area contributed by atoms with Gasteiger partial charge in [-0.25, -0.2) is 0 Å². The summed E-state index contributed by atoms with van der Waals surface area (Å²) in [6, 6.07) is 13.5. The van der Waals surface area contributed by atoms with E-state index in [1.54, 1.807) is 0 Å². The Kier molecular flexibility index (Phi) is 10.9. The highest BCUT2D eigenvalue weighted by atomic mass is 28.4. The summed E-state index contributed by atoms with van der Waals surface area (Å²) in [5.41, 5.74) is 1.13. The van der Waals surface area contributed by atoms with Crippen LogP contribution in [0.15, 0.2) is 42.2 Å². The number of benzene rings is 1. The molecule has 0 saturated carbocycles. The standard InChI is InChI=1S/C25H42O3Si/c1-9-23(26)19(6)25(27-21(8)22-17-15-14-16-18-22)20(7)24(10-2)28-29(11-3,12-4)13-5/h10,14-21,25H,9,11-13H2,1-8H3/b24-10-/t19-,20-,21+,25-/m1/s1. The minimum atomic E-state index is -1.79. The maximum absolute atomic E-state index is 12.6. The predicted octanol–water partition coefficient (Wildman–Crippen LogP) is 7.31. The molecule has 4 heteroatoms. The molecule has 1 rings (SSSR count). The first kappa shape index (κ1) is 25.6. The van der Waals surface area contributed by atoms with Crippen molar-refractivity contribution in [2.75, 3.05) is 0 Å². The molecule has 3 nitrogen and oxygen atoms in total. The average Bonchev–Trinajstić information content (AvgIpc) is 2.77. The summed E-state index contributed by atoms with van der Waals surface area (Å²) in [4.78, 5) is 12.6. The molecule has 0 amide bonds. The molecule has 29 heavy (non-hydrogen) atoms. The summed E-state index contributed by atoms with van der Waals surface area (Å²) in [7, 11) is -1.79. The van der Waals surface area contributed by atoms with Crippen molar-refractivity contribution in [3.8, 4) is 0 Å². The van der Waals surface area contributed by atoms with Crippen molar-refractivity contribution in [2.24, 2.45) is 11.8 Å². The lowest BCUT2D eigenvalue weighted by atomic mass is 9.87. The zero-order chi connectivity index (χ0) is 22.0. The number of carbonyl (C=O) groups excluding carboxylic acids is 1. The third-order valence-electron chi connectivity index (χ3n) is 6.47. The number of rotatable bonds is 13. The number of Topliss-reactive ketones (excluding diaryl/α,β-unsaturated/α-hetero) is 1. The largest absolute Gasteiger partial charge is 0.546 e. The molecule has 164 valence electrons. The Morgan fingerprint density at radius 2 is 1.52 bits per heavy atom. The van der Waals surface area contributed by atoms with Gasteiger partial charge < -0.3 is 9.16 Å². The Bertz CT molecular complexity index is 628. The molecule has 1 aromatic rings. The Labute approximate surface area is 180 Å². The third kappa shape index (κ3) is 6.82. The van der Waals surface area contributed by atoms with E-state index >= 15 is 0 Å². The summed E-state index contributed by atoms with van der Waals surface area (Å²) in [5, 5.41) is 0. The van der Waals surface area contributed by atoms with Crippen LogP contribution in [0.3, 0.4) is 0 Å². The maximum Gasteiger partial charge on any atom is 0.250 e. The van der Waals surface area contributed by atoms with E-state index < -0.39 is 8.32 Å². The molecule has 0 saturated heterocycles. The van der Waals surface area contributed by atoms with Gasteiger partial charge in [0.25, 0.3) is 0 Å². The molecule has 0 aliphatic carbocycles. The van der Waals surface area contributed by atoms with E-state index in [0.29, 0.717) is 6.42 Å². The molecule has 0 fully saturated rings. The van der Waals surface area contributed by atoms with Gasteiger partial charge in [0, 0.05) is 18.3 Å². The van der Waals surface area contributed by atoms with Crippen LogP contribution in [0.4, 0.5) is 0 Å². The Morgan fingerprint density at radius 1 is 0.966 bits per heavy atom. The van der Waals surface area contributed by atoms with Crippen LogP contribution in [0.5, 0.6) is 0 Å². The molecule has 0 aliphatic heterocycles. The maximum atomic E-state index is 12.6. The minimum Gasteiger partial charge on any atom is -0.546 e. The number of ether oxygens (including phenoxy) is 1. The predicted molar refractivity (Wildman–Crippen MR) is 125 cm³/mol. The molecule has 0 spiro atoms. The summed E-state index contributed by atoms with van der Waals surface area (Å²) in [6.07, 6.45) is 2.30. The van der Waals surface area contributed by atoms with Crippen LogP contribution in [-0.4, -0.2) is 20.2 Å². The second-order valence-corrected chi connectivity index (χ2v) is 12.8. The van der Waals surface area contributed by atoms with E-state index in [4.69, 9.17) is 9.16 Å². The van der Waals surface area contributed by atoms with Crippen LogP contribution >= 0.6 is 0 Å². The van der Waals surface area contributed by atoms with Crippen molar-refractivity contribution >= 4 is 14.1 Å². The van der Waals surface area contributed by atoms with Crippen molar-refractivity contribution in [3.63, 3.8) is 0 Å². The topological polar surface area (TPSA) is 35.5 Å². The van der Waals surface area contributed by atoms with Gasteiger partial charge >= 0.3 is 0 Å². The third-order valence-corrected chi connectivity index (χ3v) is 11.0. The van der Waals surface area contributed by atoms with Gasteiger partial charge in [-0.05, 0) is 37.5 Å². The quantitative estimate of drug-likeness (QED) is 0.249. The van der Waals surface area contributed by atoms with E-state index in [-0.39, 0.29) is 29.8 Å². The van der Waals surface area contributed by atoms with Crippen molar-refractivity contribution in [1.29, 1.82) is 0 Å². The zero-order valence-corrected chi connectivity index (χ0v) is 20.8. The van der Waals surface area contributed by atoms with Crippen LogP contribution < -0.4 is 0 Å². The lowest BCUT2D eigenvalue weighted by Crippen LogP contribution is -2.40. The molecule has 0 bridgehead atoms. The molecular weight excluding hydrogens is 376 g/mol. The molecule has 0 N–H and O–H groups in total. The monoisotopic (exact) mass is 418 g/mol. The number of carbonyl (C=O) groups is 1. The molecule has 0 aliphatic rings. The van der Waals surface area contributed by atoms with Crippen LogP contribution in [0.2, 0.25) is 18.1 Å². The first-order valence-electron chi connectivity index (χ1n) is 11.4. The lowest BCUT2D eigenvalue weighted by molar-refractivity contribution is -0.132. The van der Waals surface area contributed by atoms with Gasteiger partial charge in [-0.2, -0.15) is 0 Å². The van der Waals surface area contributed by atoms with Gasteiger partial charge in [0.2, 0.25) is 8.32 Å². The van der Waals surface area contributed by atoms with Gasteiger partial charge in [-0.3, -0.25) is 4.79 Å². The molecule has 0 aromatic heterocycles. The normalized spacial score (nSPS) is 16.8. The van der Waals surface area contributed by atoms with Gasteiger partial charge in [0.05, 0.1) is 18.0 Å². The van der Waals surface area contributed by atoms with Crippen molar-refractivity contribution < 1.29 is 14.0 Å². The first-order valence-corrected chi connectivity index (χ1v) is 13.9. The second kappa shape index (κ2) is 12.3. The minimum absolute atomic E-state index is 0.0215. The van der Waals surface area contributed by atoms with Gasteiger partial charge in [-0.15, -0.1) is 0 Å². The van der Waals surface area contributed by atoms with Gasteiger partial charge in [-0.1, -0.05) is 78.0 Å². The molecule has 0 unspecified atom stereocenters. The van der Waals surface area contributed by atoms with Gasteiger partial charge in [0.15, 0.2) is 0 Å². The summed E-state index contributed by atoms with van der Waals surface area (Å²) < 4.78 is 13.3. The first-order chi connectivity index (χ1) is 13.8. The van der Waals surface area contributed by atoms with Crippen molar-refractivity contribution in [3.05, 3.63) is 47.7 Å². The number of hydrogen-bond donors (Lipinski definition) is 0. The van der Waals surface area contributed by atoms with E-state index in [9.17, 15) is 4.79 Å². The fourth-order valence-corrected chi connectivity index (χ4v) is 6.74. The fourth-order valence-electron chi connectivity index (χ4n) is 4.01. The van der Waals surface area contributed by atoms with Crippen LogP contribution in [-0.2, 0) is 14.0 Å². The SMILES string of the molecule is C/C=C(\O[Si](CC)(CC)CC)[C@@H](C)[C@H](O[C@@H](C)c1ccccc1)[C@H](C)C(=O)CC. The average molecular weight is 419 g/mol. The summed E-state index contributed by atoms with van der Waals surface area (Å²) in [6.45, 7) is 16.9.